The number of nitrogens with zero attached hydrogens (tertiary/aromatic N) is 1. The number of amides is 1. The Morgan fingerprint density at radius 2 is 2.44 bits per heavy atom. The SMILES string of the molecule is Cl.NCC1CCCC1NC(=O)c1ccn[nH]1. The van der Waals surface area contributed by atoms with Crippen LogP contribution in [-0.2, 0) is 0 Å². The molecule has 0 saturated heterocycles. The molecule has 1 heterocycles. The zero-order valence-electron chi connectivity index (χ0n) is 8.98. The molecule has 0 radical (unpaired) electrons. The molecule has 5 nitrogen and oxygen atoms in total. The molecule has 1 aromatic heterocycles. The van der Waals surface area contributed by atoms with E-state index < -0.39 is 0 Å². The van der Waals surface area contributed by atoms with Crippen molar-refractivity contribution < 1.29 is 4.79 Å². The number of halogens is 1. The fourth-order valence-corrected chi connectivity index (χ4v) is 2.14. The molecule has 4 N–H and O–H groups in total. The number of carbonyl (C=O) groups excluding carboxylic acids is 1. The Kier molecular flexibility index (Phi) is 4.76. The molecule has 1 fully saturated rings. The van der Waals surface area contributed by atoms with Gasteiger partial charge in [0, 0.05) is 12.2 Å². The van der Waals surface area contributed by atoms with Gasteiger partial charge < -0.3 is 11.1 Å². The fraction of sp³-hybridized carbons (Fsp3) is 0.600. The second-order valence-corrected chi connectivity index (χ2v) is 3.98. The summed E-state index contributed by atoms with van der Waals surface area (Å²) < 4.78 is 0. The van der Waals surface area contributed by atoms with Gasteiger partial charge in [-0.3, -0.25) is 9.89 Å². The molecule has 2 atom stereocenters. The van der Waals surface area contributed by atoms with Crippen LogP contribution in [0.1, 0.15) is 29.8 Å². The Morgan fingerprint density at radius 1 is 1.62 bits per heavy atom. The smallest absolute Gasteiger partial charge is 0.269 e. The molecule has 2 rings (SSSR count). The van der Waals surface area contributed by atoms with E-state index in [9.17, 15) is 4.79 Å². The molecule has 90 valence electrons. The minimum atomic E-state index is -0.0853. The predicted molar refractivity (Wildman–Crippen MR) is 63.5 cm³/mol. The van der Waals surface area contributed by atoms with Gasteiger partial charge in [-0.2, -0.15) is 5.10 Å². The minimum Gasteiger partial charge on any atom is -0.348 e. The summed E-state index contributed by atoms with van der Waals surface area (Å²) in [7, 11) is 0. The second kappa shape index (κ2) is 5.86. The Balaban J connectivity index is 0.00000128. The first-order valence-corrected chi connectivity index (χ1v) is 5.31. The number of aromatic nitrogens is 2. The summed E-state index contributed by atoms with van der Waals surface area (Å²) in [5.74, 6) is 0.342. The third-order valence-electron chi connectivity index (χ3n) is 3.02. The molecule has 0 bridgehead atoms. The Labute approximate surface area is 101 Å². The molecule has 2 unspecified atom stereocenters. The lowest BCUT2D eigenvalue weighted by Gasteiger charge is -2.18. The van der Waals surface area contributed by atoms with Gasteiger partial charge in [0.05, 0.1) is 0 Å². The summed E-state index contributed by atoms with van der Waals surface area (Å²) in [6, 6.07) is 1.90. The molecule has 1 aliphatic carbocycles. The summed E-state index contributed by atoms with van der Waals surface area (Å²) in [6.07, 6.45) is 4.87. The largest absolute Gasteiger partial charge is 0.348 e. The molecule has 1 saturated carbocycles. The monoisotopic (exact) mass is 244 g/mol. The highest BCUT2D eigenvalue weighted by molar-refractivity contribution is 5.92. The van der Waals surface area contributed by atoms with Crippen LogP contribution in [0.15, 0.2) is 12.3 Å². The zero-order chi connectivity index (χ0) is 10.7. The van der Waals surface area contributed by atoms with Gasteiger partial charge in [0.2, 0.25) is 0 Å². The molecule has 0 aromatic carbocycles. The Morgan fingerprint density at radius 3 is 3.06 bits per heavy atom. The van der Waals surface area contributed by atoms with Crippen LogP contribution in [0.2, 0.25) is 0 Å². The van der Waals surface area contributed by atoms with Crippen LogP contribution in [0, 0.1) is 5.92 Å². The lowest BCUT2D eigenvalue weighted by atomic mass is 10.0. The van der Waals surface area contributed by atoms with Crippen molar-refractivity contribution in [3.05, 3.63) is 18.0 Å². The van der Waals surface area contributed by atoms with E-state index in [0.29, 0.717) is 18.2 Å². The molecule has 0 aliphatic heterocycles. The number of rotatable bonds is 3. The maximum atomic E-state index is 11.7. The van der Waals surface area contributed by atoms with E-state index in [2.05, 4.69) is 15.5 Å². The van der Waals surface area contributed by atoms with E-state index in [0.717, 1.165) is 19.3 Å². The first-order chi connectivity index (χ1) is 7.31. The van der Waals surface area contributed by atoms with Crippen LogP contribution in [-0.4, -0.2) is 28.7 Å². The molecule has 1 aromatic rings. The van der Waals surface area contributed by atoms with Crippen molar-refractivity contribution in [1.82, 2.24) is 15.5 Å². The molecule has 6 heteroatoms. The van der Waals surface area contributed by atoms with Gasteiger partial charge in [-0.05, 0) is 31.4 Å². The third kappa shape index (κ3) is 2.74. The predicted octanol–water partition coefficient (Wildman–Crippen LogP) is 0.689. The lowest BCUT2D eigenvalue weighted by Crippen LogP contribution is -2.40. The maximum Gasteiger partial charge on any atom is 0.269 e. The average Bonchev–Trinajstić information content (AvgIpc) is 2.87. The lowest BCUT2D eigenvalue weighted by molar-refractivity contribution is 0.0923. The van der Waals surface area contributed by atoms with Crippen molar-refractivity contribution in [2.75, 3.05) is 6.54 Å². The molecular weight excluding hydrogens is 228 g/mol. The normalized spacial score (nSPS) is 23.8. The molecule has 16 heavy (non-hydrogen) atoms. The summed E-state index contributed by atoms with van der Waals surface area (Å²) >= 11 is 0. The van der Waals surface area contributed by atoms with Crippen LogP contribution in [0.4, 0.5) is 0 Å². The van der Waals surface area contributed by atoms with Crippen LogP contribution < -0.4 is 11.1 Å². The average molecular weight is 245 g/mol. The number of nitrogens with one attached hydrogen (secondary N) is 2. The van der Waals surface area contributed by atoms with Crippen molar-refractivity contribution in [3.8, 4) is 0 Å². The van der Waals surface area contributed by atoms with Crippen molar-refractivity contribution in [2.24, 2.45) is 11.7 Å². The van der Waals surface area contributed by atoms with E-state index >= 15 is 0 Å². The second-order valence-electron chi connectivity index (χ2n) is 3.98. The van der Waals surface area contributed by atoms with Gasteiger partial charge in [-0.25, -0.2) is 0 Å². The summed E-state index contributed by atoms with van der Waals surface area (Å²) in [5.41, 5.74) is 6.16. The number of hydrogen-bond donors (Lipinski definition) is 3. The Hall–Kier alpha value is -1.07. The molecular formula is C10H17ClN4O. The third-order valence-corrected chi connectivity index (χ3v) is 3.02. The van der Waals surface area contributed by atoms with E-state index in [1.165, 1.54) is 0 Å². The highest BCUT2D eigenvalue weighted by atomic mass is 35.5. The van der Waals surface area contributed by atoms with Crippen molar-refractivity contribution in [1.29, 1.82) is 0 Å². The first-order valence-electron chi connectivity index (χ1n) is 5.31. The topological polar surface area (TPSA) is 83.8 Å². The highest BCUT2D eigenvalue weighted by Crippen LogP contribution is 2.24. The van der Waals surface area contributed by atoms with E-state index in [-0.39, 0.29) is 24.4 Å². The standard InChI is InChI=1S/C10H16N4O.ClH/c11-6-7-2-1-3-8(7)13-10(15)9-4-5-12-14-9;/h4-5,7-8H,1-3,6,11H2,(H,12,14)(H,13,15);1H. The first kappa shape index (κ1) is 13.0. The van der Waals surface area contributed by atoms with E-state index in [1.807, 2.05) is 0 Å². The highest BCUT2D eigenvalue weighted by Gasteiger charge is 2.27. The number of hydrogen-bond acceptors (Lipinski definition) is 3. The van der Waals surface area contributed by atoms with E-state index in [1.54, 1.807) is 12.3 Å². The number of carbonyl (C=O) groups is 1. The summed E-state index contributed by atoms with van der Waals surface area (Å²) in [5, 5.41) is 9.39. The van der Waals surface area contributed by atoms with Crippen molar-refractivity contribution in [2.45, 2.75) is 25.3 Å². The van der Waals surface area contributed by atoms with Crippen molar-refractivity contribution >= 4 is 18.3 Å². The van der Waals surface area contributed by atoms with Gasteiger partial charge in [0.25, 0.3) is 5.91 Å². The van der Waals surface area contributed by atoms with Gasteiger partial charge >= 0.3 is 0 Å². The fourth-order valence-electron chi connectivity index (χ4n) is 2.14. The maximum absolute atomic E-state index is 11.7. The minimum absolute atomic E-state index is 0. The molecule has 1 amide bonds. The van der Waals surface area contributed by atoms with Crippen LogP contribution in [0.5, 0.6) is 0 Å². The Bertz CT molecular complexity index is 328. The van der Waals surface area contributed by atoms with Crippen molar-refractivity contribution in [3.63, 3.8) is 0 Å². The summed E-state index contributed by atoms with van der Waals surface area (Å²) in [4.78, 5) is 11.7. The zero-order valence-corrected chi connectivity index (χ0v) is 9.80. The number of nitrogens with two attached hydrogens (primary N) is 1. The van der Waals surface area contributed by atoms with Gasteiger partial charge in [-0.1, -0.05) is 6.42 Å². The van der Waals surface area contributed by atoms with Crippen LogP contribution >= 0.6 is 12.4 Å². The van der Waals surface area contributed by atoms with E-state index in [4.69, 9.17) is 5.73 Å². The van der Waals surface area contributed by atoms with Crippen LogP contribution in [0.25, 0.3) is 0 Å². The number of aromatic amines is 1. The number of H-pyrrole nitrogens is 1. The molecule has 0 spiro atoms. The van der Waals surface area contributed by atoms with Gasteiger partial charge in [0.15, 0.2) is 0 Å². The molecule has 1 aliphatic rings. The van der Waals surface area contributed by atoms with Crippen LogP contribution in [0.3, 0.4) is 0 Å². The van der Waals surface area contributed by atoms with Gasteiger partial charge in [-0.15, -0.1) is 12.4 Å². The van der Waals surface area contributed by atoms with Gasteiger partial charge in [0.1, 0.15) is 5.69 Å². The quantitative estimate of drug-likeness (QED) is 0.732. The summed E-state index contributed by atoms with van der Waals surface area (Å²) in [6.45, 7) is 0.647.